The highest BCUT2D eigenvalue weighted by Gasteiger charge is 2.73. The Kier molecular flexibility index (Phi) is 4.18. The lowest BCUT2D eigenvalue weighted by Gasteiger charge is -2.32. The van der Waals surface area contributed by atoms with Gasteiger partial charge in [0.1, 0.15) is 5.75 Å². The predicted molar refractivity (Wildman–Crippen MR) is 111 cm³/mol. The second-order valence-corrected chi connectivity index (χ2v) is 8.67. The Hall–Kier alpha value is -2.45. The van der Waals surface area contributed by atoms with Gasteiger partial charge in [-0.2, -0.15) is 0 Å². The highest BCUT2D eigenvalue weighted by molar-refractivity contribution is 9.10. The number of fused-ring (bicyclic) bond motifs is 4. The summed E-state index contributed by atoms with van der Waals surface area (Å²) in [4.78, 5) is 27.7. The molecule has 2 aromatic carbocycles. The van der Waals surface area contributed by atoms with E-state index in [9.17, 15) is 14.9 Å². The Morgan fingerprint density at radius 1 is 1.31 bits per heavy atom. The monoisotopic (exact) mass is 457 g/mol. The van der Waals surface area contributed by atoms with Crippen molar-refractivity contribution < 1.29 is 14.5 Å². The summed E-state index contributed by atoms with van der Waals surface area (Å²) in [7, 11) is 1.59. The molecule has 1 N–H and O–H groups in total. The number of halogens is 1. The molecule has 150 valence electrons. The minimum atomic E-state index is -1.28. The molecule has 4 atom stereocenters. The van der Waals surface area contributed by atoms with Crippen molar-refractivity contribution in [3.8, 4) is 5.75 Å². The zero-order chi connectivity index (χ0) is 20.3. The van der Waals surface area contributed by atoms with E-state index < -0.39 is 17.5 Å². The van der Waals surface area contributed by atoms with Crippen molar-refractivity contribution in [3.05, 3.63) is 68.2 Å². The number of para-hydroxylation sites is 1. The Labute approximate surface area is 176 Å². The molecule has 2 aromatic rings. The largest absolute Gasteiger partial charge is 0.496 e. The van der Waals surface area contributed by atoms with Gasteiger partial charge in [-0.1, -0.05) is 24.3 Å². The third-order valence-corrected chi connectivity index (χ3v) is 7.27. The van der Waals surface area contributed by atoms with Gasteiger partial charge in [-0.25, -0.2) is 0 Å². The zero-order valence-electron chi connectivity index (χ0n) is 15.8. The van der Waals surface area contributed by atoms with Crippen LogP contribution in [0.4, 0.5) is 5.69 Å². The van der Waals surface area contributed by atoms with Crippen LogP contribution in [0, 0.1) is 10.1 Å². The molecule has 0 saturated carbocycles. The van der Waals surface area contributed by atoms with Gasteiger partial charge in [0.15, 0.2) is 5.54 Å². The van der Waals surface area contributed by atoms with Crippen LogP contribution in [-0.4, -0.2) is 41.5 Å². The summed E-state index contributed by atoms with van der Waals surface area (Å²) in [6.07, 6.45) is 1.75. The van der Waals surface area contributed by atoms with Crippen molar-refractivity contribution in [3.63, 3.8) is 0 Å². The standard InChI is InChI=1S/C21H20BrN3O4/c1-29-17-9-8-12(11-14(17)22)18-16-7-4-10-24(16)21(19(18)25(27)28)13-5-2-3-6-15(13)23-20(21)26/h2-3,5-6,8-9,11,16,18-19H,4,7,10H2,1H3,(H,23,26)/t16-,18+,19+,21+/m0/s1. The van der Waals surface area contributed by atoms with Gasteiger partial charge in [-0.05, 0) is 52.5 Å². The number of rotatable bonds is 3. The lowest BCUT2D eigenvalue weighted by Crippen LogP contribution is -2.55. The normalized spacial score (nSPS) is 30.3. The summed E-state index contributed by atoms with van der Waals surface area (Å²) in [6, 6.07) is 11.8. The quantitative estimate of drug-likeness (QED) is 0.562. The van der Waals surface area contributed by atoms with Gasteiger partial charge < -0.3 is 10.1 Å². The number of nitrogens with one attached hydrogen (secondary N) is 1. The van der Waals surface area contributed by atoms with E-state index in [-0.39, 0.29) is 16.9 Å². The van der Waals surface area contributed by atoms with Crippen molar-refractivity contribution >= 4 is 27.5 Å². The molecule has 1 spiro atoms. The molecule has 7 nitrogen and oxygen atoms in total. The molecule has 0 aliphatic carbocycles. The maximum atomic E-state index is 13.4. The van der Waals surface area contributed by atoms with Crippen LogP contribution in [0.3, 0.4) is 0 Å². The molecule has 0 unspecified atom stereocenters. The Morgan fingerprint density at radius 3 is 2.83 bits per heavy atom. The first-order chi connectivity index (χ1) is 14.0. The molecule has 2 saturated heterocycles. The molecular weight excluding hydrogens is 438 g/mol. The van der Waals surface area contributed by atoms with Crippen LogP contribution in [0.5, 0.6) is 5.75 Å². The fourth-order valence-corrected chi connectivity index (χ4v) is 6.22. The first-order valence-electron chi connectivity index (χ1n) is 9.64. The third kappa shape index (κ3) is 2.36. The second kappa shape index (κ2) is 6.53. The van der Waals surface area contributed by atoms with Gasteiger partial charge in [-0.15, -0.1) is 0 Å². The van der Waals surface area contributed by atoms with E-state index in [1.165, 1.54) is 0 Å². The summed E-state index contributed by atoms with van der Waals surface area (Å²) in [5.74, 6) is -0.0136. The van der Waals surface area contributed by atoms with Crippen LogP contribution in [0.1, 0.15) is 29.9 Å². The first kappa shape index (κ1) is 18.6. The zero-order valence-corrected chi connectivity index (χ0v) is 17.4. The van der Waals surface area contributed by atoms with Gasteiger partial charge in [0.05, 0.1) is 17.5 Å². The number of carbonyl (C=O) groups is 1. The minimum absolute atomic E-state index is 0.0670. The number of ether oxygens (including phenoxy) is 1. The number of nitro groups is 1. The van der Waals surface area contributed by atoms with E-state index in [1.54, 1.807) is 7.11 Å². The van der Waals surface area contributed by atoms with E-state index in [0.29, 0.717) is 23.5 Å². The predicted octanol–water partition coefficient (Wildman–Crippen LogP) is 3.51. The topological polar surface area (TPSA) is 84.7 Å². The van der Waals surface area contributed by atoms with E-state index in [2.05, 4.69) is 26.1 Å². The smallest absolute Gasteiger partial charge is 0.256 e. The fraction of sp³-hybridized carbons (Fsp3) is 0.381. The molecule has 29 heavy (non-hydrogen) atoms. The lowest BCUT2D eigenvalue weighted by atomic mass is 9.77. The summed E-state index contributed by atoms with van der Waals surface area (Å²) < 4.78 is 6.08. The molecule has 3 aliphatic rings. The summed E-state index contributed by atoms with van der Waals surface area (Å²) >= 11 is 3.51. The Balaban J connectivity index is 1.73. The summed E-state index contributed by atoms with van der Waals surface area (Å²) in [5, 5.41) is 15.4. The number of benzene rings is 2. The average Bonchev–Trinajstić information content (AvgIpc) is 3.35. The second-order valence-electron chi connectivity index (χ2n) is 7.82. The first-order valence-corrected chi connectivity index (χ1v) is 10.4. The number of anilines is 1. The maximum Gasteiger partial charge on any atom is 0.256 e. The molecule has 3 aliphatic heterocycles. The highest BCUT2D eigenvalue weighted by atomic mass is 79.9. The highest BCUT2D eigenvalue weighted by Crippen LogP contribution is 2.58. The van der Waals surface area contributed by atoms with Crippen molar-refractivity contribution in [1.82, 2.24) is 4.90 Å². The molecule has 8 heteroatoms. The molecule has 0 bridgehead atoms. The number of hydrogen-bond acceptors (Lipinski definition) is 5. The van der Waals surface area contributed by atoms with Gasteiger partial charge in [0, 0.05) is 28.8 Å². The average molecular weight is 458 g/mol. The molecule has 2 fully saturated rings. The summed E-state index contributed by atoms with van der Waals surface area (Å²) in [5.41, 5.74) is 0.962. The Bertz CT molecular complexity index is 1030. The van der Waals surface area contributed by atoms with Crippen LogP contribution in [0.15, 0.2) is 46.9 Å². The van der Waals surface area contributed by atoms with Crippen molar-refractivity contribution in [2.75, 3.05) is 19.0 Å². The van der Waals surface area contributed by atoms with Crippen molar-refractivity contribution in [1.29, 1.82) is 0 Å². The van der Waals surface area contributed by atoms with Crippen LogP contribution in [-0.2, 0) is 10.3 Å². The number of amides is 1. The SMILES string of the molecule is COc1ccc([C@@H]2[C@@H]3CCCN3[C@@]3(C(=O)Nc4ccccc43)[C@@H]2[N+](=O)[O-])cc1Br. The molecular formula is C21H20BrN3O4. The van der Waals surface area contributed by atoms with E-state index >= 15 is 0 Å². The summed E-state index contributed by atoms with van der Waals surface area (Å²) in [6.45, 7) is 0.671. The third-order valence-electron chi connectivity index (χ3n) is 6.65. The molecule has 0 radical (unpaired) electrons. The molecule has 3 heterocycles. The van der Waals surface area contributed by atoms with Crippen LogP contribution in [0.2, 0.25) is 0 Å². The van der Waals surface area contributed by atoms with Gasteiger partial charge in [0.25, 0.3) is 11.9 Å². The minimum Gasteiger partial charge on any atom is -0.496 e. The van der Waals surface area contributed by atoms with E-state index in [4.69, 9.17) is 4.74 Å². The number of hydrogen-bond donors (Lipinski definition) is 1. The molecule has 0 aromatic heterocycles. The van der Waals surface area contributed by atoms with E-state index in [1.807, 2.05) is 42.5 Å². The Morgan fingerprint density at radius 2 is 2.10 bits per heavy atom. The maximum absolute atomic E-state index is 13.4. The van der Waals surface area contributed by atoms with Crippen LogP contribution < -0.4 is 10.1 Å². The molecule has 5 rings (SSSR count). The van der Waals surface area contributed by atoms with Crippen LogP contribution in [0.25, 0.3) is 0 Å². The van der Waals surface area contributed by atoms with E-state index in [0.717, 1.165) is 22.9 Å². The van der Waals surface area contributed by atoms with Gasteiger partial charge in [0.2, 0.25) is 0 Å². The van der Waals surface area contributed by atoms with Crippen molar-refractivity contribution in [2.24, 2.45) is 0 Å². The number of nitrogens with zero attached hydrogens (tertiary/aromatic N) is 2. The lowest BCUT2D eigenvalue weighted by molar-refractivity contribution is -0.534. The van der Waals surface area contributed by atoms with Gasteiger partial charge in [-0.3, -0.25) is 19.8 Å². The fourth-order valence-electron chi connectivity index (χ4n) is 5.67. The number of methoxy groups -OCH3 is 1. The van der Waals surface area contributed by atoms with Crippen LogP contribution >= 0.6 is 15.9 Å². The number of carbonyl (C=O) groups excluding carboxylic acids is 1. The van der Waals surface area contributed by atoms with Gasteiger partial charge >= 0.3 is 0 Å². The molecule has 1 amide bonds. The van der Waals surface area contributed by atoms with Crippen molar-refractivity contribution in [2.45, 2.75) is 36.4 Å².